The van der Waals surface area contributed by atoms with E-state index in [0.29, 0.717) is 12.8 Å². The van der Waals surface area contributed by atoms with Crippen molar-refractivity contribution in [2.45, 2.75) is 50.9 Å². The standard InChI is InChI=1S/C11H18ClN3O2S/c1-10(2,3)14-15-11(4,18-8-13)6-5-7-17-9(12)16/h5-7H2,1-4H3. The number of nitriles is 1. The van der Waals surface area contributed by atoms with Gasteiger partial charge >= 0.3 is 5.43 Å². The molecule has 0 aliphatic rings. The third-order valence-electron chi connectivity index (χ3n) is 1.83. The molecular weight excluding hydrogens is 274 g/mol. The second kappa shape index (κ2) is 7.59. The first-order chi connectivity index (χ1) is 8.18. The highest BCUT2D eigenvalue weighted by Gasteiger charge is 2.25. The molecule has 0 rings (SSSR count). The molecule has 0 aromatic carbocycles. The molecule has 1 atom stereocenters. The lowest BCUT2D eigenvalue weighted by Gasteiger charge is -2.21. The number of rotatable bonds is 6. The molecule has 0 spiro atoms. The van der Waals surface area contributed by atoms with Crippen molar-refractivity contribution in [1.82, 2.24) is 0 Å². The Balaban J connectivity index is 4.40. The second-order valence-electron chi connectivity index (χ2n) is 4.93. The number of azo groups is 1. The summed E-state index contributed by atoms with van der Waals surface area (Å²) in [5, 5.41) is 19.2. The Bertz CT molecular complexity index is 349. The molecule has 0 saturated heterocycles. The fourth-order valence-corrected chi connectivity index (χ4v) is 1.63. The summed E-state index contributed by atoms with van der Waals surface area (Å²) >= 11 is 6.10. The lowest BCUT2D eigenvalue weighted by Crippen LogP contribution is -2.19. The first-order valence-electron chi connectivity index (χ1n) is 5.52. The molecule has 18 heavy (non-hydrogen) atoms. The van der Waals surface area contributed by atoms with Crippen LogP contribution in [0.1, 0.15) is 40.5 Å². The molecule has 1 unspecified atom stereocenters. The fourth-order valence-electron chi connectivity index (χ4n) is 1.03. The fraction of sp³-hybridized carbons (Fsp3) is 0.818. The molecule has 0 fully saturated rings. The second-order valence-corrected chi connectivity index (χ2v) is 6.50. The van der Waals surface area contributed by atoms with Gasteiger partial charge in [0.05, 0.1) is 12.1 Å². The Morgan fingerprint density at radius 1 is 1.39 bits per heavy atom. The third kappa shape index (κ3) is 9.25. The topological polar surface area (TPSA) is 74.8 Å². The maximum Gasteiger partial charge on any atom is 0.403 e. The molecule has 102 valence electrons. The number of thioether (sulfide) groups is 1. The van der Waals surface area contributed by atoms with Crippen molar-refractivity contribution in [3.05, 3.63) is 0 Å². The van der Waals surface area contributed by atoms with E-state index in [-0.39, 0.29) is 12.1 Å². The van der Waals surface area contributed by atoms with Crippen molar-refractivity contribution < 1.29 is 9.53 Å². The van der Waals surface area contributed by atoms with Crippen LogP contribution in [-0.4, -0.2) is 22.4 Å². The molecule has 0 amide bonds. The summed E-state index contributed by atoms with van der Waals surface area (Å²) in [6.07, 6.45) is 1.15. The van der Waals surface area contributed by atoms with Gasteiger partial charge in [0.2, 0.25) is 0 Å². The number of carbonyl (C=O) groups is 1. The molecular formula is C11H18ClN3O2S. The van der Waals surface area contributed by atoms with Gasteiger partial charge in [-0.3, -0.25) is 0 Å². The Morgan fingerprint density at radius 2 is 2.00 bits per heavy atom. The van der Waals surface area contributed by atoms with E-state index in [1.807, 2.05) is 33.1 Å². The largest absolute Gasteiger partial charge is 0.454 e. The van der Waals surface area contributed by atoms with Gasteiger partial charge < -0.3 is 4.74 Å². The molecule has 0 saturated carbocycles. The van der Waals surface area contributed by atoms with Crippen LogP contribution in [0.2, 0.25) is 0 Å². The van der Waals surface area contributed by atoms with E-state index < -0.39 is 10.3 Å². The lowest BCUT2D eigenvalue weighted by atomic mass is 10.1. The molecule has 0 aliphatic carbocycles. The van der Waals surface area contributed by atoms with Crippen LogP contribution in [0.15, 0.2) is 10.2 Å². The van der Waals surface area contributed by atoms with Crippen LogP contribution in [0.25, 0.3) is 0 Å². The van der Waals surface area contributed by atoms with Crippen LogP contribution >= 0.6 is 23.4 Å². The number of hydrogen-bond acceptors (Lipinski definition) is 6. The number of carbonyl (C=O) groups excluding carboxylic acids is 1. The van der Waals surface area contributed by atoms with Gasteiger partial charge in [-0.1, -0.05) is 0 Å². The molecule has 0 heterocycles. The Kier molecular flexibility index (Phi) is 7.26. The van der Waals surface area contributed by atoms with Crippen LogP contribution in [0.5, 0.6) is 0 Å². The highest BCUT2D eigenvalue weighted by atomic mass is 35.5. The number of nitrogens with zero attached hydrogens (tertiary/aromatic N) is 3. The van der Waals surface area contributed by atoms with Gasteiger partial charge in [0.25, 0.3) is 0 Å². The SMILES string of the molecule is CC(C)(C)N=NC(C)(CCCOC(=O)Cl)SC#N. The van der Waals surface area contributed by atoms with Gasteiger partial charge in [-0.05, 0) is 52.3 Å². The van der Waals surface area contributed by atoms with Crippen LogP contribution in [-0.2, 0) is 4.74 Å². The first-order valence-corrected chi connectivity index (χ1v) is 6.71. The van der Waals surface area contributed by atoms with Crippen molar-refractivity contribution >= 4 is 28.8 Å². The highest BCUT2D eigenvalue weighted by Crippen LogP contribution is 2.32. The van der Waals surface area contributed by atoms with Crippen LogP contribution in [0.4, 0.5) is 4.79 Å². The Morgan fingerprint density at radius 3 is 2.44 bits per heavy atom. The maximum absolute atomic E-state index is 10.4. The number of hydrogen-bond donors (Lipinski definition) is 0. The van der Waals surface area contributed by atoms with E-state index in [2.05, 4.69) is 15.0 Å². The summed E-state index contributed by atoms with van der Waals surface area (Å²) < 4.78 is 4.62. The van der Waals surface area contributed by atoms with Gasteiger partial charge in [-0.15, -0.1) is 0 Å². The lowest BCUT2D eigenvalue weighted by molar-refractivity contribution is 0.170. The van der Waals surface area contributed by atoms with Gasteiger partial charge in [0, 0.05) is 11.6 Å². The zero-order chi connectivity index (χ0) is 14.2. The molecule has 0 radical (unpaired) electrons. The summed E-state index contributed by atoms with van der Waals surface area (Å²) in [6, 6.07) is 0. The molecule has 0 aromatic heterocycles. The smallest absolute Gasteiger partial charge is 0.403 e. The monoisotopic (exact) mass is 291 g/mol. The van der Waals surface area contributed by atoms with Crippen LogP contribution in [0.3, 0.4) is 0 Å². The van der Waals surface area contributed by atoms with E-state index in [1.54, 1.807) is 0 Å². The van der Waals surface area contributed by atoms with E-state index in [1.165, 1.54) is 0 Å². The van der Waals surface area contributed by atoms with Crippen LogP contribution < -0.4 is 0 Å². The molecule has 7 heteroatoms. The molecule has 0 aliphatic heterocycles. The predicted molar refractivity (Wildman–Crippen MR) is 72.7 cm³/mol. The highest BCUT2D eigenvalue weighted by molar-refractivity contribution is 8.04. The predicted octanol–water partition coefficient (Wildman–Crippen LogP) is 4.32. The van der Waals surface area contributed by atoms with E-state index in [4.69, 9.17) is 16.9 Å². The number of ether oxygens (including phenoxy) is 1. The molecule has 5 nitrogen and oxygen atoms in total. The molecule has 0 N–H and O–H groups in total. The van der Waals surface area contributed by atoms with Gasteiger partial charge in [-0.25, -0.2) is 4.79 Å². The quantitative estimate of drug-likeness (QED) is 0.316. The summed E-state index contributed by atoms with van der Waals surface area (Å²) in [4.78, 5) is 9.77. The minimum absolute atomic E-state index is 0.217. The van der Waals surface area contributed by atoms with E-state index in [9.17, 15) is 4.79 Å². The average Bonchev–Trinajstić information content (AvgIpc) is 2.21. The average molecular weight is 292 g/mol. The molecule has 0 aromatic rings. The normalized spacial score (nSPS) is 15.1. The summed E-state index contributed by atoms with van der Waals surface area (Å²) in [6.45, 7) is 7.85. The zero-order valence-corrected chi connectivity index (χ0v) is 12.6. The summed E-state index contributed by atoms with van der Waals surface area (Å²) in [7, 11) is 0. The Hall–Kier alpha value is -0.800. The van der Waals surface area contributed by atoms with Gasteiger partial charge in [0.15, 0.2) is 0 Å². The minimum atomic E-state index is -0.819. The third-order valence-corrected chi connectivity index (χ3v) is 2.75. The van der Waals surface area contributed by atoms with E-state index in [0.717, 1.165) is 11.8 Å². The number of halogens is 1. The Labute approximate surface area is 117 Å². The van der Waals surface area contributed by atoms with Crippen molar-refractivity contribution in [2.75, 3.05) is 6.61 Å². The molecule has 0 bridgehead atoms. The summed E-state index contributed by atoms with van der Waals surface area (Å²) in [5.74, 6) is 0. The van der Waals surface area contributed by atoms with Crippen molar-refractivity contribution in [3.8, 4) is 5.40 Å². The maximum atomic E-state index is 10.4. The van der Waals surface area contributed by atoms with Crippen molar-refractivity contribution in [1.29, 1.82) is 5.26 Å². The minimum Gasteiger partial charge on any atom is -0.454 e. The first kappa shape index (κ1) is 17.2. The summed E-state index contributed by atoms with van der Waals surface area (Å²) in [5.41, 5.74) is -1.10. The van der Waals surface area contributed by atoms with Gasteiger partial charge in [-0.2, -0.15) is 15.5 Å². The van der Waals surface area contributed by atoms with Crippen LogP contribution in [0, 0.1) is 10.7 Å². The van der Waals surface area contributed by atoms with Crippen molar-refractivity contribution in [3.63, 3.8) is 0 Å². The number of thiocyanates is 1. The van der Waals surface area contributed by atoms with Gasteiger partial charge in [0.1, 0.15) is 10.3 Å². The zero-order valence-electron chi connectivity index (χ0n) is 11.1. The van der Waals surface area contributed by atoms with E-state index >= 15 is 0 Å². The van der Waals surface area contributed by atoms with Crippen molar-refractivity contribution in [2.24, 2.45) is 10.2 Å².